The molecule has 128 valence electrons. The van der Waals surface area contributed by atoms with Crippen LogP contribution in [0.25, 0.3) is 0 Å². The molecule has 1 atom stereocenters. The van der Waals surface area contributed by atoms with Gasteiger partial charge in [-0.05, 0) is 63.8 Å². The summed E-state index contributed by atoms with van der Waals surface area (Å²) < 4.78 is 6.57. The summed E-state index contributed by atoms with van der Waals surface area (Å²) in [4.78, 5) is 14.0. The van der Waals surface area contributed by atoms with E-state index in [1.54, 1.807) is 0 Å². The van der Waals surface area contributed by atoms with Gasteiger partial charge in [-0.25, -0.2) is 4.79 Å². The van der Waals surface area contributed by atoms with E-state index in [4.69, 9.17) is 4.74 Å². The van der Waals surface area contributed by atoms with E-state index in [0.29, 0.717) is 5.92 Å². The van der Waals surface area contributed by atoms with Crippen LogP contribution in [-0.2, 0) is 11.3 Å². The minimum absolute atomic E-state index is 0.185. The molecular weight excluding hydrogens is 356 g/mol. The maximum absolute atomic E-state index is 12.2. The fourth-order valence-corrected chi connectivity index (χ4v) is 3.01. The Bertz CT molecular complexity index is 511. The maximum Gasteiger partial charge on any atom is 0.410 e. The predicted molar refractivity (Wildman–Crippen MR) is 96.4 cm³/mol. The van der Waals surface area contributed by atoms with Crippen molar-refractivity contribution in [3.63, 3.8) is 0 Å². The molecule has 1 amide bonds. The van der Waals surface area contributed by atoms with Crippen LogP contribution in [0, 0.1) is 5.92 Å². The van der Waals surface area contributed by atoms with Gasteiger partial charge in [0.25, 0.3) is 0 Å². The molecule has 1 heterocycles. The number of halogens is 1. The number of piperidine rings is 1. The quantitative estimate of drug-likeness (QED) is 0.848. The number of carbonyl (C=O) groups is 1. The Labute approximate surface area is 147 Å². The SMILES string of the molecule is CC(C)(C)OC(=O)N1CCC[C@@H](CNCc2ccc(Br)cc2)C1. The molecule has 2 rings (SSSR count). The molecule has 0 aliphatic carbocycles. The van der Waals surface area contributed by atoms with Crippen LogP contribution in [0.5, 0.6) is 0 Å². The molecule has 0 spiro atoms. The lowest BCUT2D eigenvalue weighted by Gasteiger charge is -2.34. The molecule has 0 saturated carbocycles. The fraction of sp³-hybridized carbons (Fsp3) is 0.611. The van der Waals surface area contributed by atoms with E-state index in [2.05, 4.69) is 45.5 Å². The lowest BCUT2D eigenvalue weighted by molar-refractivity contribution is 0.0166. The number of ether oxygens (including phenoxy) is 1. The lowest BCUT2D eigenvalue weighted by Crippen LogP contribution is -2.44. The summed E-state index contributed by atoms with van der Waals surface area (Å²) >= 11 is 3.45. The zero-order chi connectivity index (χ0) is 16.9. The highest BCUT2D eigenvalue weighted by Gasteiger charge is 2.27. The van der Waals surface area contributed by atoms with Crippen molar-refractivity contribution in [1.29, 1.82) is 0 Å². The number of nitrogens with one attached hydrogen (secondary N) is 1. The summed E-state index contributed by atoms with van der Waals surface area (Å²) in [5, 5.41) is 3.50. The second-order valence-electron chi connectivity index (χ2n) is 7.19. The van der Waals surface area contributed by atoms with Crippen molar-refractivity contribution in [2.45, 2.75) is 45.8 Å². The summed E-state index contributed by atoms with van der Waals surface area (Å²) in [5.41, 5.74) is 0.845. The average molecular weight is 383 g/mol. The van der Waals surface area contributed by atoms with Crippen molar-refractivity contribution < 1.29 is 9.53 Å². The van der Waals surface area contributed by atoms with Gasteiger partial charge in [-0.2, -0.15) is 0 Å². The maximum atomic E-state index is 12.2. The monoisotopic (exact) mass is 382 g/mol. The van der Waals surface area contributed by atoms with Gasteiger partial charge in [-0.1, -0.05) is 28.1 Å². The van der Waals surface area contributed by atoms with Gasteiger partial charge in [0, 0.05) is 24.1 Å². The number of nitrogens with zero attached hydrogens (tertiary/aromatic N) is 1. The second kappa shape index (κ2) is 8.15. The standard InChI is InChI=1S/C18H27BrN2O2/c1-18(2,3)23-17(22)21-10-4-5-15(13-21)12-20-11-14-6-8-16(19)9-7-14/h6-9,15,20H,4-5,10-13H2,1-3H3/t15-/m0/s1. The third-order valence-electron chi connectivity index (χ3n) is 3.85. The van der Waals surface area contributed by atoms with Crippen molar-refractivity contribution in [2.75, 3.05) is 19.6 Å². The van der Waals surface area contributed by atoms with Crippen LogP contribution in [0.15, 0.2) is 28.7 Å². The molecule has 0 unspecified atom stereocenters. The summed E-state index contributed by atoms with van der Waals surface area (Å²) in [7, 11) is 0. The number of benzene rings is 1. The first kappa shape index (κ1) is 18.3. The summed E-state index contributed by atoms with van der Waals surface area (Å²) in [6, 6.07) is 8.35. The molecule has 1 aromatic carbocycles. The molecule has 5 heteroatoms. The number of hydrogen-bond acceptors (Lipinski definition) is 3. The van der Waals surface area contributed by atoms with Crippen LogP contribution < -0.4 is 5.32 Å². The summed E-state index contributed by atoms with van der Waals surface area (Å²) in [5.74, 6) is 0.492. The summed E-state index contributed by atoms with van der Waals surface area (Å²) in [6.45, 7) is 9.09. The van der Waals surface area contributed by atoms with Crippen molar-refractivity contribution in [2.24, 2.45) is 5.92 Å². The fourth-order valence-electron chi connectivity index (χ4n) is 2.75. The topological polar surface area (TPSA) is 41.6 Å². The van der Waals surface area contributed by atoms with Crippen molar-refractivity contribution in [3.05, 3.63) is 34.3 Å². The molecule has 1 N–H and O–H groups in total. The highest BCUT2D eigenvalue weighted by molar-refractivity contribution is 9.10. The molecule has 1 aliphatic heterocycles. The van der Waals surface area contributed by atoms with Crippen LogP contribution >= 0.6 is 15.9 Å². The van der Waals surface area contributed by atoms with Crippen LogP contribution in [0.4, 0.5) is 4.79 Å². The first-order chi connectivity index (χ1) is 10.8. The number of hydrogen-bond donors (Lipinski definition) is 1. The van der Waals surface area contributed by atoms with Gasteiger partial charge in [0.05, 0.1) is 0 Å². The van der Waals surface area contributed by atoms with E-state index in [1.807, 2.05) is 25.7 Å². The first-order valence-corrected chi connectivity index (χ1v) is 9.06. The van der Waals surface area contributed by atoms with Crippen LogP contribution in [-0.4, -0.2) is 36.2 Å². The Hall–Kier alpha value is -1.07. The third-order valence-corrected chi connectivity index (χ3v) is 4.37. The van der Waals surface area contributed by atoms with E-state index >= 15 is 0 Å². The van der Waals surface area contributed by atoms with Gasteiger partial charge >= 0.3 is 6.09 Å². The van der Waals surface area contributed by atoms with Gasteiger partial charge in [0.15, 0.2) is 0 Å². The Morgan fingerprint density at radius 2 is 2.04 bits per heavy atom. The smallest absolute Gasteiger partial charge is 0.410 e. The van der Waals surface area contributed by atoms with Gasteiger partial charge in [0.2, 0.25) is 0 Å². The Kier molecular flexibility index (Phi) is 6.48. The molecule has 1 aliphatic rings. The zero-order valence-corrected chi connectivity index (χ0v) is 15.9. The normalized spacial score (nSPS) is 18.8. The molecule has 1 saturated heterocycles. The predicted octanol–water partition coefficient (Wildman–Crippen LogP) is 4.19. The largest absolute Gasteiger partial charge is 0.444 e. The van der Waals surface area contributed by atoms with Gasteiger partial charge in [-0.15, -0.1) is 0 Å². The Balaban J connectivity index is 1.75. The van der Waals surface area contributed by atoms with E-state index < -0.39 is 5.60 Å². The Morgan fingerprint density at radius 1 is 1.35 bits per heavy atom. The van der Waals surface area contributed by atoms with Gasteiger partial charge in [-0.3, -0.25) is 0 Å². The molecule has 23 heavy (non-hydrogen) atoms. The number of carbonyl (C=O) groups excluding carboxylic acids is 1. The lowest BCUT2D eigenvalue weighted by atomic mass is 9.98. The van der Waals surface area contributed by atoms with E-state index in [1.165, 1.54) is 5.56 Å². The van der Waals surface area contributed by atoms with Gasteiger partial charge in [0.1, 0.15) is 5.60 Å². The molecule has 1 aromatic rings. The molecule has 1 fully saturated rings. The first-order valence-electron chi connectivity index (χ1n) is 8.26. The third kappa shape index (κ3) is 6.51. The summed E-state index contributed by atoms with van der Waals surface area (Å²) in [6.07, 6.45) is 2.02. The van der Waals surface area contributed by atoms with Crippen molar-refractivity contribution in [3.8, 4) is 0 Å². The minimum atomic E-state index is -0.427. The highest BCUT2D eigenvalue weighted by atomic mass is 79.9. The van der Waals surface area contributed by atoms with Crippen molar-refractivity contribution >= 4 is 22.0 Å². The van der Waals surface area contributed by atoms with E-state index in [-0.39, 0.29) is 6.09 Å². The van der Waals surface area contributed by atoms with E-state index in [0.717, 1.165) is 43.5 Å². The number of amides is 1. The van der Waals surface area contributed by atoms with Crippen LogP contribution in [0.1, 0.15) is 39.2 Å². The molecule has 0 aromatic heterocycles. The minimum Gasteiger partial charge on any atom is -0.444 e. The Morgan fingerprint density at radius 3 is 2.70 bits per heavy atom. The number of rotatable bonds is 4. The average Bonchev–Trinajstić information content (AvgIpc) is 2.48. The van der Waals surface area contributed by atoms with Crippen molar-refractivity contribution in [1.82, 2.24) is 10.2 Å². The molecule has 4 nitrogen and oxygen atoms in total. The van der Waals surface area contributed by atoms with E-state index in [9.17, 15) is 4.79 Å². The zero-order valence-electron chi connectivity index (χ0n) is 14.3. The number of likely N-dealkylation sites (tertiary alicyclic amines) is 1. The molecule has 0 bridgehead atoms. The van der Waals surface area contributed by atoms with Gasteiger partial charge < -0.3 is 15.0 Å². The van der Waals surface area contributed by atoms with Crippen LogP contribution in [0.3, 0.4) is 0 Å². The van der Waals surface area contributed by atoms with Crippen LogP contribution in [0.2, 0.25) is 0 Å². The highest BCUT2D eigenvalue weighted by Crippen LogP contribution is 2.19. The molecule has 0 radical (unpaired) electrons. The second-order valence-corrected chi connectivity index (χ2v) is 8.11. The molecular formula is C18H27BrN2O2.